The van der Waals surface area contributed by atoms with Gasteiger partial charge in [0, 0.05) is 31.9 Å². The standard InChI is InChI=1S/C25H34N6O3S2/c1-13-28-24-22(35-13)20(27)21(36-24)23(32)29-15-6-7-17-14(9-15)5-8-19(30-17)31-10-16(26)18(11-31)34-12-25(2,3)33-4/h5,8,15-16,18H,6-7,9-12,26-27H2,1-4H3,(H,29,32). The van der Waals surface area contributed by atoms with Crippen LogP contribution in [0.15, 0.2) is 12.1 Å². The Labute approximate surface area is 219 Å². The highest BCUT2D eigenvalue weighted by molar-refractivity contribution is 7.29. The molecule has 1 saturated heterocycles. The van der Waals surface area contributed by atoms with E-state index < -0.39 is 0 Å². The van der Waals surface area contributed by atoms with Crippen molar-refractivity contribution < 1.29 is 14.3 Å². The van der Waals surface area contributed by atoms with Crippen LogP contribution in [0.2, 0.25) is 0 Å². The molecule has 9 nitrogen and oxygen atoms in total. The van der Waals surface area contributed by atoms with Crippen LogP contribution >= 0.6 is 22.7 Å². The number of nitrogens with two attached hydrogens (primary N) is 2. The van der Waals surface area contributed by atoms with Crippen LogP contribution < -0.4 is 21.7 Å². The van der Waals surface area contributed by atoms with Crippen molar-refractivity contribution in [3.63, 3.8) is 0 Å². The van der Waals surface area contributed by atoms with Gasteiger partial charge in [-0.25, -0.2) is 9.97 Å². The highest BCUT2D eigenvalue weighted by Gasteiger charge is 2.34. The molecule has 0 aromatic carbocycles. The third-order valence-corrected chi connectivity index (χ3v) is 9.24. The van der Waals surface area contributed by atoms with Crippen molar-refractivity contribution in [2.75, 3.05) is 37.4 Å². The van der Waals surface area contributed by atoms with Crippen molar-refractivity contribution in [2.45, 2.75) is 63.8 Å². The Hall–Kier alpha value is -2.31. The second-order valence-corrected chi connectivity index (χ2v) is 12.5. The fourth-order valence-electron chi connectivity index (χ4n) is 4.75. The van der Waals surface area contributed by atoms with E-state index in [0.717, 1.165) is 45.3 Å². The molecule has 2 aliphatic rings. The highest BCUT2D eigenvalue weighted by atomic mass is 32.1. The number of fused-ring (bicyclic) bond motifs is 2. The number of nitrogens with zero attached hydrogens (tertiary/aromatic N) is 3. The number of rotatable bonds is 7. The Bertz CT molecular complexity index is 1270. The molecule has 0 radical (unpaired) electrons. The predicted octanol–water partition coefficient (Wildman–Crippen LogP) is 2.89. The van der Waals surface area contributed by atoms with E-state index in [4.69, 9.17) is 25.9 Å². The van der Waals surface area contributed by atoms with Crippen molar-refractivity contribution in [3.05, 3.63) is 33.3 Å². The molecule has 1 aliphatic heterocycles. The zero-order valence-corrected chi connectivity index (χ0v) is 22.8. The van der Waals surface area contributed by atoms with E-state index in [2.05, 4.69) is 27.3 Å². The fraction of sp³-hybridized carbons (Fsp3) is 0.560. The minimum Gasteiger partial charge on any atom is -0.396 e. The maximum absolute atomic E-state index is 13.0. The number of nitrogens with one attached hydrogen (secondary N) is 1. The summed E-state index contributed by atoms with van der Waals surface area (Å²) < 4.78 is 12.4. The van der Waals surface area contributed by atoms with Crippen molar-refractivity contribution in [3.8, 4) is 0 Å². The number of thiazole rings is 1. The maximum atomic E-state index is 13.0. The van der Waals surface area contributed by atoms with Gasteiger partial charge in [0.2, 0.25) is 0 Å². The largest absolute Gasteiger partial charge is 0.396 e. The van der Waals surface area contributed by atoms with Gasteiger partial charge in [0.1, 0.15) is 15.5 Å². The summed E-state index contributed by atoms with van der Waals surface area (Å²) in [6.07, 6.45) is 2.34. The topological polar surface area (TPSA) is 129 Å². The van der Waals surface area contributed by atoms with Crippen molar-refractivity contribution in [1.82, 2.24) is 15.3 Å². The first-order chi connectivity index (χ1) is 17.1. The maximum Gasteiger partial charge on any atom is 0.263 e. The van der Waals surface area contributed by atoms with Crippen LogP contribution in [-0.2, 0) is 22.3 Å². The van der Waals surface area contributed by atoms with Gasteiger partial charge in [-0.2, -0.15) is 0 Å². The summed E-state index contributed by atoms with van der Waals surface area (Å²) in [4.78, 5) is 26.0. The Kier molecular flexibility index (Phi) is 6.94. The number of carbonyl (C=O) groups excluding carboxylic acids is 1. The van der Waals surface area contributed by atoms with Crippen molar-refractivity contribution in [2.24, 2.45) is 5.73 Å². The molecule has 3 atom stereocenters. The van der Waals surface area contributed by atoms with Gasteiger partial charge >= 0.3 is 0 Å². The summed E-state index contributed by atoms with van der Waals surface area (Å²) >= 11 is 2.90. The first kappa shape index (κ1) is 25.3. The minimum atomic E-state index is -0.343. The third-order valence-electron chi connectivity index (χ3n) is 7.01. The number of hydrogen-bond donors (Lipinski definition) is 3. The number of aryl methyl sites for hydroxylation is 2. The summed E-state index contributed by atoms with van der Waals surface area (Å²) in [5, 5.41) is 4.14. The van der Waals surface area contributed by atoms with E-state index in [1.54, 1.807) is 7.11 Å². The zero-order chi connectivity index (χ0) is 25.6. The number of amides is 1. The van der Waals surface area contributed by atoms with Crippen LogP contribution in [0.25, 0.3) is 9.53 Å². The summed E-state index contributed by atoms with van der Waals surface area (Å²) in [6.45, 7) is 7.86. The second kappa shape index (κ2) is 9.86. The molecule has 5 rings (SSSR count). The average Bonchev–Trinajstić information content (AvgIpc) is 3.50. The normalized spacial score (nSPS) is 22.2. The Morgan fingerprint density at radius 1 is 1.28 bits per heavy atom. The summed E-state index contributed by atoms with van der Waals surface area (Å²) in [5.74, 6) is 0.810. The van der Waals surface area contributed by atoms with Gasteiger partial charge in [0.15, 0.2) is 0 Å². The van der Waals surface area contributed by atoms with E-state index >= 15 is 0 Å². The average molecular weight is 531 g/mol. The predicted molar refractivity (Wildman–Crippen MR) is 145 cm³/mol. The number of hydrogen-bond acceptors (Lipinski definition) is 10. The number of thiophene rings is 1. The minimum absolute atomic E-state index is 0.0500. The number of ether oxygens (including phenoxy) is 2. The van der Waals surface area contributed by atoms with E-state index in [1.165, 1.54) is 28.2 Å². The Morgan fingerprint density at radius 3 is 2.83 bits per heavy atom. The van der Waals surface area contributed by atoms with Gasteiger partial charge in [-0.3, -0.25) is 4.79 Å². The van der Waals surface area contributed by atoms with E-state index in [-0.39, 0.29) is 29.7 Å². The molecule has 1 aliphatic carbocycles. The van der Waals surface area contributed by atoms with Crippen LogP contribution in [-0.4, -0.2) is 66.5 Å². The second-order valence-electron chi connectivity index (χ2n) is 10.3. The van der Waals surface area contributed by atoms with E-state index in [9.17, 15) is 4.79 Å². The number of carbonyl (C=O) groups is 1. The quantitative estimate of drug-likeness (QED) is 0.425. The molecule has 0 bridgehead atoms. The summed E-state index contributed by atoms with van der Waals surface area (Å²) in [7, 11) is 1.69. The van der Waals surface area contributed by atoms with Gasteiger partial charge in [-0.1, -0.05) is 6.07 Å². The van der Waals surface area contributed by atoms with Gasteiger partial charge in [0.25, 0.3) is 5.91 Å². The molecule has 0 spiro atoms. The molecule has 36 heavy (non-hydrogen) atoms. The molecule has 1 amide bonds. The number of methoxy groups -OCH3 is 1. The highest BCUT2D eigenvalue weighted by Crippen LogP contribution is 2.37. The molecular weight excluding hydrogens is 496 g/mol. The molecule has 5 N–H and O–H groups in total. The molecule has 11 heteroatoms. The van der Waals surface area contributed by atoms with Gasteiger partial charge in [-0.05, 0) is 51.7 Å². The first-order valence-corrected chi connectivity index (χ1v) is 13.9. The molecule has 194 valence electrons. The lowest BCUT2D eigenvalue weighted by atomic mass is 9.91. The third kappa shape index (κ3) is 5.08. The summed E-state index contributed by atoms with van der Waals surface area (Å²) in [6, 6.07) is 4.16. The number of anilines is 2. The Morgan fingerprint density at radius 2 is 2.08 bits per heavy atom. The Balaban J connectivity index is 1.20. The lowest BCUT2D eigenvalue weighted by Crippen LogP contribution is -2.39. The summed E-state index contributed by atoms with van der Waals surface area (Å²) in [5.41, 5.74) is 15.1. The molecule has 0 saturated carbocycles. The smallest absolute Gasteiger partial charge is 0.263 e. The zero-order valence-electron chi connectivity index (χ0n) is 21.2. The molecular formula is C25H34N6O3S2. The van der Waals surface area contributed by atoms with Crippen molar-refractivity contribution in [1.29, 1.82) is 0 Å². The lowest BCUT2D eigenvalue weighted by molar-refractivity contribution is -0.0728. The lowest BCUT2D eigenvalue weighted by Gasteiger charge is -2.27. The molecule has 3 aromatic heterocycles. The van der Waals surface area contributed by atoms with E-state index in [0.29, 0.717) is 30.3 Å². The first-order valence-electron chi connectivity index (χ1n) is 12.3. The fourth-order valence-corrected chi connectivity index (χ4v) is 6.84. The van der Waals surface area contributed by atoms with Crippen LogP contribution in [0.3, 0.4) is 0 Å². The number of nitrogen functional groups attached to an aromatic ring is 1. The molecule has 3 unspecified atom stereocenters. The van der Waals surface area contributed by atoms with Crippen LogP contribution in [0, 0.1) is 6.92 Å². The van der Waals surface area contributed by atoms with E-state index in [1.807, 2.05) is 20.8 Å². The van der Waals surface area contributed by atoms with Crippen molar-refractivity contribution >= 4 is 49.6 Å². The SMILES string of the molecule is COC(C)(C)COC1CN(c2ccc3c(n2)CCC(NC(=O)c2sc4nc(C)sc4c2N)C3)CC1N. The molecule has 4 heterocycles. The molecule has 1 fully saturated rings. The number of aromatic nitrogens is 2. The van der Waals surface area contributed by atoms with Crippen LogP contribution in [0.5, 0.6) is 0 Å². The van der Waals surface area contributed by atoms with Gasteiger partial charge in [-0.15, -0.1) is 22.7 Å². The monoisotopic (exact) mass is 530 g/mol. The van der Waals surface area contributed by atoms with Gasteiger partial charge in [0.05, 0.1) is 39.7 Å². The molecule has 3 aromatic rings. The number of pyridine rings is 1. The van der Waals surface area contributed by atoms with Gasteiger partial charge < -0.3 is 31.2 Å². The van der Waals surface area contributed by atoms with Crippen LogP contribution in [0.4, 0.5) is 11.5 Å². The van der Waals surface area contributed by atoms with Crippen LogP contribution in [0.1, 0.15) is 46.2 Å².